The number of rotatable bonds is 11. The second kappa shape index (κ2) is 11.6. The molecule has 2 N–H and O–H groups in total. The number of hydrogen-bond donors (Lipinski definition) is 1. The van der Waals surface area contributed by atoms with Gasteiger partial charge in [0, 0.05) is 35.9 Å². The van der Waals surface area contributed by atoms with Gasteiger partial charge in [0.1, 0.15) is 13.2 Å². The predicted molar refractivity (Wildman–Crippen MR) is 143 cm³/mol. The van der Waals surface area contributed by atoms with Gasteiger partial charge in [-0.3, -0.25) is 14.4 Å². The van der Waals surface area contributed by atoms with Crippen molar-refractivity contribution in [2.45, 2.75) is 51.4 Å². The zero-order chi connectivity index (χ0) is 28.3. The summed E-state index contributed by atoms with van der Waals surface area (Å²) in [5, 5.41) is 0.964. The Morgan fingerprint density at radius 1 is 1.10 bits per heavy atom. The average molecular weight is 550 g/mol. The minimum Gasteiger partial charge on any atom is -0.463 e. The molecular weight excluding hydrogens is 518 g/mol. The molecule has 2 aromatic heterocycles. The Balaban J connectivity index is 1.36. The van der Waals surface area contributed by atoms with Crippen molar-refractivity contribution >= 4 is 28.8 Å². The number of ether oxygens (including phenoxy) is 4. The van der Waals surface area contributed by atoms with Crippen LogP contribution in [0, 0.1) is 0 Å². The molecule has 5 rings (SSSR count). The zero-order valence-corrected chi connectivity index (χ0v) is 22.3. The van der Waals surface area contributed by atoms with Crippen LogP contribution in [0.25, 0.3) is 22.3 Å². The van der Waals surface area contributed by atoms with Crippen molar-refractivity contribution in [1.29, 1.82) is 0 Å². The summed E-state index contributed by atoms with van der Waals surface area (Å²) in [5.74, 6) is -1.89. The van der Waals surface area contributed by atoms with Crippen molar-refractivity contribution < 1.29 is 33.3 Å². The van der Waals surface area contributed by atoms with Gasteiger partial charge >= 0.3 is 17.9 Å². The van der Waals surface area contributed by atoms with Crippen LogP contribution in [0.4, 0.5) is 0 Å². The number of cyclic esters (lactones) is 1. The monoisotopic (exact) mass is 549 g/mol. The molecule has 1 atom stereocenters. The maximum absolute atomic E-state index is 13.6. The zero-order valence-electron chi connectivity index (χ0n) is 22.3. The van der Waals surface area contributed by atoms with Gasteiger partial charge in [0.2, 0.25) is 5.60 Å². The third kappa shape index (κ3) is 5.09. The molecule has 11 nitrogen and oxygen atoms in total. The summed E-state index contributed by atoms with van der Waals surface area (Å²) in [6, 6.07) is 11.4. The van der Waals surface area contributed by atoms with Crippen LogP contribution < -0.4 is 11.3 Å². The number of aromatic nitrogens is 2. The number of carbonyl (C=O) groups is 3. The highest BCUT2D eigenvalue weighted by Gasteiger charge is 2.50. The number of hydrogen-bond acceptors (Lipinski definition) is 10. The molecule has 0 bridgehead atoms. The standard InChI is InChI=1S/C29H31N3O8/c1-2-29(40-25(34)9-5-8-24(33)38-13-12-37-11-10-30)21-15-23-26-19(14-18-6-3-4-7-22(18)31-26)16-32(23)27(35)20(21)17-39-28(29)36/h3-4,6-7,14-15H,2,5,8-13,16-17,30H2,1H3/t29-/m0/s1. The number of carbonyl (C=O) groups excluding carboxylic acids is 3. The Labute approximate surface area is 230 Å². The first-order chi connectivity index (χ1) is 19.4. The second-order valence-corrected chi connectivity index (χ2v) is 9.71. The van der Waals surface area contributed by atoms with Gasteiger partial charge in [-0.1, -0.05) is 25.1 Å². The van der Waals surface area contributed by atoms with E-state index in [4.69, 9.17) is 29.7 Å². The summed E-state index contributed by atoms with van der Waals surface area (Å²) in [5.41, 5.74) is 6.72. The fourth-order valence-corrected chi connectivity index (χ4v) is 5.18. The molecule has 2 aliphatic heterocycles. The Morgan fingerprint density at radius 2 is 1.90 bits per heavy atom. The minimum absolute atomic E-state index is 0.00257. The minimum atomic E-state index is -1.78. The number of esters is 3. The molecule has 0 radical (unpaired) electrons. The van der Waals surface area contributed by atoms with E-state index >= 15 is 0 Å². The number of nitrogens with two attached hydrogens (primary N) is 1. The van der Waals surface area contributed by atoms with E-state index < -0.39 is 23.5 Å². The Morgan fingerprint density at radius 3 is 2.70 bits per heavy atom. The first-order valence-electron chi connectivity index (χ1n) is 13.4. The molecule has 3 aromatic rings. The van der Waals surface area contributed by atoms with Gasteiger partial charge in [0.25, 0.3) is 5.56 Å². The number of nitrogens with zero attached hydrogens (tertiary/aromatic N) is 2. The van der Waals surface area contributed by atoms with Gasteiger partial charge in [-0.2, -0.15) is 0 Å². The number of para-hydroxylation sites is 1. The van der Waals surface area contributed by atoms with Gasteiger partial charge in [-0.25, -0.2) is 9.78 Å². The Bertz CT molecular complexity index is 1530. The number of benzene rings is 1. The maximum atomic E-state index is 13.6. The fourth-order valence-electron chi connectivity index (χ4n) is 5.18. The third-order valence-corrected chi connectivity index (χ3v) is 7.19. The van der Waals surface area contributed by atoms with Crippen molar-refractivity contribution in [2.24, 2.45) is 5.73 Å². The summed E-state index contributed by atoms with van der Waals surface area (Å²) in [6.45, 7) is 2.92. The van der Waals surface area contributed by atoms with Crippen LogP contribution in [0.15, 0.2) is 41.2 Å². The molecule has 0 saturated carbocycles. The summed E-state index contributed by atoms with van der Waals surface area (Å²) in [7, 11) is 0. The van der Waals surface area contributed by atoms with Crippen LogP contribution in [0.2, 0.25) is 0 Å². The average Bonchev–Trinajstić information content (AvgIpc) is 3.31. The van der Waals surface area contributed by atoms with Gasteiger partial charge in [-0.05, 0) is 31.0 Å². The summed E-state index contributed by atoms with van der Waals surface area (Å²) >= 11 is 0. The van der Waals surface area contributed by atoms with Crippen LogP contribution in [0.3, 0.4) is 0 Å². The highest BCUT2D eigenvalue weighted by molar-refractivity contribution is 5.88. The van der Waals surface area contributed by atoms with Gasteiger partial charge in [0.05, 0.1) is 42.2 Å². The first-order valence-corrected chi connectivity index (χ1v) is 13.4. The lowest BCUT2D eigenvalue weighted by molar-refractivity contribution is -0.189. The molecule has 0 fully saturated rings. The van der Waals surface area contributed by atoms with Gasteiger partial charge < -0.3 is 29.2 Å². The molecule has 0 aliphatic carbocycles. The van der Waals surface area contributed by atoms with Crippen LogP contribution in [-0.2, 0) is 52.1 Å². The van der Waals surface area contributed by atoms with E-state index in [9.17, 15) is 19.2 Å². The summed E-state index contributed by atoms with van der Waals surface area (Å²) in [6.07, 6.45) is 0.109. The fraction of sp³-hybridized carbons (Fsp3) is 0.414. The molecule has 210 valence electrons. The normalized spacial score (nSPS) is 17.1. The van der Waals surface area contributed by atoms with E-state index in [2.05, 4.69) is 0 Å². The van der Waals surface area contributed by atoms with Crippen LogP contribution in [0.1, 0.15) is 49.3 Å². The molecule has 40 heavy (non-hydrogen) atoms. The highest BCUT2D eigenvalue weighted by atomic mass is 16.6. The quantitative estimate of drug-likeness (QED) is 0.168. The molecule has 11 heteroatoms. The van der Waals surface area contributed by atoms with Crippen molar-refractivity contribution in [1.82, 2.24) is 9.55 Å². The number of fused-ring (bicyclic) bond motifs is 5. The lowest BCUT2D eigenvalue weighted by atomic mass is 9.85. The molecular formula is C29H31N3O8. The van der Waals surface area contributed by atoms with Gasteiger partial charge in [-0.15, -0.1) is 0 Å². The Hall–Kier alpha value is -4.09. The van der Waals surface area contributed by atoms with E-state index in [-0.39, 0.29) is 56.6 Å². The van der Waals surface area contributed by atoms with Gasteiger partial charge in [0.15, 0.2) is 0 Å². The lowest BCUT2D eigenvalue weighted by Crippen LogP contribution is -2.47. The van der Waals surface area contributed by atoms with E-state index in [1.54, 1.807) is 17.6 Å². The Kier molecular flexibility index (Phi) is 7.95. The third-order valence-electron chi connectivity index (χ3n) is 7.19. The molecule has 4 heterocycles. The van der Waals surface area contributed by atoms with Crippen LogP contribution in [-0.4, -0.2) is 53.8 Å². The smallest absolute Gasteiger partial charge is 0.355 e. The van der Waals surface area contributed by atoms with E-state index in [1.165, 1.54) is 0 Å². The molecule has 0 saturated heterocycles. The molecule has 2 aliphatic rings. The SMILES string of the molecule is CC[C@@]1(OC(=O)CCCC(=O)OCCOCCN)C(=O)OCc2c1cc1n(c2=O)Cc2cc3ccccc3nc2-1. The van der Waals surface area contributed by atoms with E-state index in [0.717, 1.165) is 16.5 Å². The van der Waals surface area contributed by atoms with Crippen LogP contribution >= 0.6 is 0 Å². The predicted octanol–water partition coefficient (Wildman–Crippen LogP) is 2.32. The molecule has 0 spiro atoms. The molecule has 1 aromatic carbocycles. The van der Waals surface area contributed by atoms with Crippen molar-refractivity contribution in [2.75, 3.05) is 26.4 Å². The highest BCUT2D eigenvalue weighted by Crippen LogP contribution is 2.41. The molecule has 0 unspecified atom stereocenters. The maximum Gasteiger partial charge on any atom is 0.355 e. The van der Waals surface area contributed by atoms with Crippen molar-refractivity contribution in [3.63, 3.8) is 0 Å². The van der Waals surface area contributed by atoms with E-state index in [1.807, 2.05) is 30.3 Å². The van der Waals surface area contributed by atoms with E-state index in [0.29, 0.717) is 36.6 Å². The summed E-state index contributed by atoms with van der Waals surface area (Å²) in [4.78, 5) is 56.4. The second-order valence-electron chi connectivity index (χ2n) is 9.71. The van der Waals surface area contributed by atoms with Crippen LogP contribution in [0.5, 0.6) is 0 Å². The number of pyridine rings is 2. The van der Waals surface area contributed by atoms with Crippen molar-refractivity contribution in [3.05, 3.63) is 63.4 Å². The molecule has 0 amide bonds. The van der Waals surface area contributed by atoms with Crippen molar-refractivity contribution in [3.8, 4) is 11.4 Å². The summed E-state index contributed by atoms with van der Waals surface area (Å²) < 4.78 is 23.0. The first kappa shape index (κ1) is 27.5. The largest absolute Gasteiger partial charge is 0.463 e. The topological polar surface area (TPSA) is 149 Å². The lowest BCUT2D eigenvalue weighted by Gasteiger charge is -2.35.